The highest BCUT2D eigenvalue weighted by Gasteiger charge is 2.15. The second-order valence-electron chi connectivity index (χ2n) is 4.08. The van der Waals surface area contributed by atoms with Crippen LogP contribution in [-0.2, 0) is 10.0 Å². The summed E-state index contributed by atoms with van der Waals surface area (Å²) in [6, 6.07) is 4.96. The molecule has 4 N–H and O–H groups in total. The molecular weight excluding hydrogens is 282 g/mol. The number of sulfonamides is 1. The van der Waals surface area contributed by atoms with Gasteiger partial charge in [-0.2, -0.15) is 0 Å². The first-order chi connectivity index (χ1) is 9.35. The topological polar surface area (TPSA) is 111 Å². The van der Waals surface area contributed by atoms with E-state index in [1.807, 2.05) is 0 Å². The molecule has 1 rings (SSSR count). The SMILES string of the molecule is CCOc1cccc(N)c1C(=O)NCCNS(C)(=O)=O. The molecule has 1 aromatic rings. The van der Waals surface area contributed by atoms with Crippen LogP contribution in [0.3, 0.4) is 0 Å². The van der Waals surface area contributed by atoms with Crippen LogP contribution in [0.4, 0.5) is 5.69 Å². The van der Waals surface area contributed by atoms with Gasteiger partial charge in [0, 0.05) is 18.8 Å². The number of amides is 1. The van der Waals surface area contributed by atoms with Gasteiger partial charge in [-0.25, -0.2) is 13.1 Å². The lowest BCUT2D eigenvalue weighted by atomic mass is 10.1. The zero-order chi connectivity index (χ0) is 15.2. The third-order valence-electron chi connectivity index (χ3n) is 2.36. The van der Waals surface area contributed by atoms with Crippen LogP contribution in [0.15, 0.2) is 18.2 Å². The molecule has 0 fully saturated rings. The summed E-state index contributed by atoms with van der Waals surface area (Å²) in [6.07, 6.45) is 1.05. The molecule has 7 nitrogen and oxygen atoms in total. The van der Waals surface area contributed by atoms with Gasteiger partial charge in [-0.3, -0.25) is 4.79 Å². The van der Waals surface area contributed by atoms with E-state index in [0.29, 0.717) is 18.0 Å². The van der Waals surface area contributed by atoms with Crippen LogP contribution in [0.5, 0.6) is 5.75 Å². The number of benzene rings is 1. The lowest BCUT2D eigenvalue weighted by molar-refractivity contribution is 0.0951. The highest BCUT2D eigenvalue weighted by molar-refractivity contribution is 7.88. The summed E-state index contributed by atoms with van der Waals surface area (Å²) in [5.41, 5.74) is 6.34. The fourth-order valence-electron chi connectivity index (χ4n) is 1.57. The normalized spacial score (nSPS) is 11.1. The fraction of sp³-hybridized carbons (Fsp3) is 0.417. The second kappa shape index (κ2) is 7.11. The maximum absolute atomic E-state index is 12.0. The predicted octanol–water partition coefficient (Wildman–Crippen LogP) is -0.0535. The van der Waals surface area contributed by atoms with E-state index in [2.05, 4.69) is 10.0 Å². The summed E-state index contributed by atoms with van der Waals surface area (Å²) in [5.74, 6) is 0.00271. The molecule has 0 atom stereocenters. The van der Waals surface area contributed by atoms with Crippen molar-refractivity contribution in [2.75, 3.05) is 31.7 Å². The van der Waals surface area contributed by atoms with Gasteiger partial charge in [-0.15, -0.1) is 0 Å². The summed E-state index contributed by atoms with van der Waals surface area (Å²) < 4.78 is 29.4. The average molecular weight is 301 g/mol. The van der Waals surface area contributed by atoms with Crippen LogP contribution in [0.25, 0.3) is 0 Å². The Balaban J connectivity index is 2.68. The van der Waals surface area contributed by atoms with Crippen LogP contribution < -0.4 is 20.5 Å². The van der Waals surface area contributed by atoms with Crippen molar-refractivity contribution in [2.45, 2.75) is 6.92 Å². The van der Waals surface area contributed by atoms with Crippen LogP contribution in [0, 0.1) is 0 Å². The predicted molar refractivity (Wildman–Crippen MR) is 77.2 cm³/mol. The van der Waals surface area contributed by atoms with Crippen molar-refractivity contribution in [1.29, 1.82) is 0 Å². The molecule has 20 heavy (non-hydrogen) atoms. The van der Waals surface area contributed by atoms with E-state index in [1.54, 1.807) is 25.1 Å². The Hall–Kier alpha value is -1.80. The van der Waals surface area contributed by atoms with Crippen LogP contribution in [-0.4, -0.2) is 40.3 Å². The number of carbonyl (C=O) groups excluding carboxylic acids is 1. The van der Waals surface area contributed by atoms with Crippen molar-refractivity contribution in [3.8, 4) is 5.75 Å². The molecule has 0 saturated heterocycles. The summed E-state index contributed by atoms with van der Waals surface area (Å²) in [4.78, 5) is 12.0. The van der Waals surface area contributed by atoms with Gasteiger partial charge in [-0.05, 0) is 19.1 Å². The molecule has 0 unspecified atom stereocenters. The standard InChI is InChI=1S/C12H19N3O4S/c1-3-19-10-6-4-5-9(13)11(10)12(16)14-7-8-15-20(2,17)18/h4-6,15H,3,7-8,13H2,1-2H3,(H,14,16). The number of ether oxygens (including phenoxy) is 1. The van der Waals surface area contributed by atoms with Gasteiger partial charge in [0.25, 0.3) is 5.91 Å². The monoisotopic (exact) mass is 301 g/mol. The van der Waals surface area contributed by atoms with Crippen molar-refractivity contribution in [2.24, 2.45) is 0 Å². The maximum atomic E-state index is 12.0. The first-order valence-corrected chi connectivity index (χ1v) is 7.98. The van der Waals surface area contributed by atoms with E-state index in [9.17, 15) is 13.2 Å². The summed E-state index contributed by atoms with van der Waals surface area (Å²) >= 11 is 0. The minimum Gasteiger partial charge on any atom is -0.493 e. The molecule has 0 aliphatic rings. The first-order valence-electron chi connectivity index (χ1n) is 6.09. The highest BCUT2D eigenvalue weighted by atomic mass is 32.2. The van der Waals surface area contributed by atoms with Gasteiger partial charge in [0.2, 0.25) is 10.0 Å². The van der Waals surface area contributed by atoms with E-state index in [1.165, 1.54) is 0 Å². The molecule has 0 spiro atoms. The third kappa shape index (κ3) is 5.06. The van der Waals surface area contributed by atoms with Gasteiger partial charge in [0.05, 0.1) is 12.9 Å². The number of hydrogen-bond acceptors (Lipinski definition) is 5. The van der Waals surface area contributed by atoms with Crippen molar-refractivity contribution < 1.29 is 17.9 Å². The Bertz CT molecular complexity index is 572. The Labute approximate surface area is 118 Å². The zero-order valence-corrected chi connectivity index (χ0v) is 12.3. The Morgan fingerprint density at radius 2 is 2.05 bits per heavy atom. The quantitative estimate of drug-likeness (QED) is 0.483. The molecule has 0 aromatic heterocycles. The number of anilines is 1. The lowest BCUT2D eigenvalue weighted by Crippen LogP contribution is -2.34. The Morgan fingerprint density at radius 3 is 2.65 bits per heavy atom. The second-order valence-corrected chi connectivity index (χ2v) is 5.91. The zero-order valence-electron chi connectivity index (χ0n) is 11.5. The van der Waals surface area contributed by atoms with Crippen molar-refractivity contribution in [3.63, 3.8) is 0 Å². The first kappa shape index (κ1) is 16.3. The molecule has 8 heteroatoms. The number of nitrogens with two attached hydrogens (primary N) is 1. The van der Waals surface area contributed by atoms with E-state index in [4.69, 9.17) is 10.5 Å². The van der Waals surface area contributed by atoms with E-state index in [0.717, 1.165) is 6.26 Å². The van der Waals surface area contributed by atoms with E-state index in [-0.39, 0.29) is 18.7 Å². The van der Waals surface area contributed by atoms with Crippen LogP contribution in [0.2, 0.25) is 0 Å². The van der Waals surface area contributed by atoms with Gasteiger partial charge in [0.15, 0.2) is 0 Å². The molecule has 1 aromatic carbocycles. The van der Waals surface area contributed by atoms with Gasteiger partial charge >= 0.3 is 0 Å². The molecule has 0 saturated carbocycles. The van der Waals surface area contributed by atoms with Crippen molar-refractivity contribution in [1.82, 2.24) is 10.0 Å². The van der Waals surface area contributed by atoms with Crippen LogP contribution >= 0.6 is 0 Å². The lowest BCUT2D eigenvalue weighted by Gasteiger charge is -2.12. The number of hydrogen-bond donors (Lipinski definition) is 3. The molecule has 0 heterocycles. The largest absolute Gasteiger partial charge is 0.493 e. The van der Waals surface area contributed by atoms with Crippen LogP contribution in [0.1, 0.15) is 17.3 Å². The number of rotatable bonds is 7. The third-order valence-corrected chi connectivity index (χ3v) is 3.09. The molecule has 112 valence electrons. The molecule has 0 radical (unpaired) electrons. The fourth-order valence-corrected chi connectivity index (χ4v) is 2.04. The van der Waals surface area contributed by atoms with Gasteiger partial charge < -0.3 is 15.8 Å². The summed E-state index contributed by atoms with van der Waals surface area (Å²) in [5, 5.41) is 2.59. The maximum Gasteiger partial charge on any atom is 0.257 e. The van der Waals surface area contributed by atoms with E-state index < -0.39 is 15.9 Å². The smallest absolute Gasteiger partial charge is 0.257 e. The summed E-state index contributed by atoms with van der Waals surface area (Å²) in [6.45, 7) is 2.49. The van der Waals surface area contributed by atoms with Gasteiger partial charge in [-0.1, -0.05) is 6.07 Å². The number of nitrogens with one attached hydrogen (secondary N) is 2. The molecule has 0 aliphatic heterocycles. The number of carbonyl (C=O) groups is 1. The average Bonchev–Trinajstić information content (AvgIpc) is 2.34. The minimum absolute atomic E-state index is 0.112. The number of nitrogen functional groups attached to an aromatic ring is 1. The Kier molecular flexibility index (Phi) is 5.78. The highest BCUT2D eigenvalue weighted by Crippen LogP contribution is 2.24. The van der Waals surface area contributed by atoms with E-state index >= 15 is 0 Å². The molecule has 0 bridgehead atoms. The molecule has 0 aliphatic carbocycles. The van der Waals surface area contributed by atoms with Crippen molar-refractivity contribution in [3.05, 3.63) is 23.8 Å². The Morgan fingerprint density at radius 1 is 1.35 bits per heavy atom. The molecular formula is C12H19N3O4S. The van der Waals surface area contributed by atoms with Gasteiger partial charge in [0.1, 0.15) is 11.3 Å². The minimum atomic E-state index is -3.26. The van der Waals surface area contributed by atoms with Crippen molar-refractivity contribution >= 4 is 21.6 Å². The molecule has 1 amide bonds. The summed E-state index contributed by atoms with van der Waals surface area (Å²) in [7, 11) is -3.26.